The maximum Gasteiger partial charge on any atom is 0.318 e. The lowest BCUT2D eigenvalue weighted by Gasteiger charge is -2.29. The number of hydrogen-bond donors (Lipinski definition) is 3. The first kappa shape index (κ1) is 18.9. The van der Waals surface area contributed by atoms with Crippen LogP contribution < -0.4 is 10.6 Å². The number of rotatable bonds is 5. The van der Waals surface area contributed by atoms with Crippen molar-refractivity contribution >= 4 is 28.9 Å². The number of amides is 3. The third-order valence-electron chi connectivity index (χ3n) is 4.83. The molecule has 1 aromatic heterocycles. The van der Waals surface area contributed by atoms with E-state index in [-0.39, 0.29) is 11.9 Å². The van der Waals surface area contributed by atoms with E-state index in [4.69, 9.17) is 4.74 Å². The second-order valence-corrected chi connectivity index (χ2v) is 6.88. The highest BCUT2D eigenvalue weighted by Crippen LogP contribution is 2.14. The maximum atomic E-state index is 13.0. The molecule has 8 heteroatoms. The Balaban J connectivity index is 1.49. The van der Waals surface area contributed by atoms with Crippen LogP contribution in [0.4, 0.5) is 10.7 Å². The second-order valence-electron chi connectivity index (χ2n) is 6.88. The average Bonchev–Trinajstić information content (AvgIpc) is 3.17. The van der Waals surface area contributed by atoms with E-state index in [1.54, 1.807) is 4.90 Å². The Morgan fingerprint density at radius 3 is 2.55 bits per heavy atom. The fourth-order valence-corrected chi connectivity index (χ4v) is 3.28. The van der Waals surface area contributed by atoms with E-state index in [1.165, 1.54) is 0 Å². The Hall–Kier alpha value is -3.39. The number of anilines is 1. The van der Waals surface area contributed by atoms with Crippen LogP contribution in [0.25, 0.3) is 11.0 Å². The first-order valence-electron chi connectivity index (χ1n) is 9.62. The van der Waals surface area contributed by atoms with Crippen molar-refractivity contribution in [3.63, 3.8) is 0 Å². The van der Waals surface area contributed by atoms with Crippen molar-refractivity contribution in [3.05, 3.63) is 60.2 Å². The lowest BCUT2D eigenvalue weighted by Crippen LogP contribution is -2.53. The van der Waals surface area contributed by atoms with E-state index in [1.807, 2.05) is 54.6 Å². The molecule has 0 spiro atoms. The van der Waals surface area contributed by atoms with Gasteiger partial charge in [0.05, 0.1) is 24.2 Å². The molecule has 3 aromatic rings. The van der Waals surface area contributed by atoms with Crippen LogP contribution in [-0.4, -0.2) is 59.2 Å². The molecule has 0 bridgehead atoms. The molecule has 3 amide bonds. The van der Waals surface area contributed by atoms with Gasteiger partial charge in [0, 0.05) is 19.5 Å². The van der Waals surface area contributed by atoms with Crippen molar-refractivity contribution in [1.29, 1.82) is 0 Å². The number of ether oxygens (including phenoxy) is 1. The van der Waals surface area contributed by atoms with Crippen LogP contribution in [0.1, 0.15) is 5.56 Å². The molecule has 0 radical (unpaired) electrons. The average molecular weight is 393 g/mol. The molecule has 2 aromatic carbocycles. The molecule has 150 valence electrons. The molecule has 1 aliphatic rings. The van der Waals surface area contributed by atoms with Crippen LogP contribution in [0.15, 0.2) is 54.6 Å². The fourth-order valence-electron chi connectivity index (χ4n) is 3.28. The number of H-pyrrole nitrogens is 1. The van der Waals surface area contributed by atoms with Crippen molar-refractivity contribution in [2.24, 2.45) is 0 Å². The molecule has 0 saturated carbocycles. The van der Waals surface area contributed by atoms with Crippen molar-refractivity contribution in [3.8, 4) is 0 Å². The van der Waals surface area contributed by atoms with Gasteiger partial charge in [-0.15, -0.1) is 0 Å². The van der Waals surface area contributed by atoms with E-state index in [2.05, 4.69) is 20.6 Å². The molecule has 29 heavy (non-hydrogen) atoms. The summed E-state index contributed by atoms with van der Waals surface area (Å²) in [5.74, 6) is 0.0319. The van der Waals surface area contributed by atoms with Gasteiger partial charge in [-0.1, -0.05) is 42.5 Å². The fraction of sp³-hybridized carbons (Fsp3) is 0.286. The third kappa shape index (κ3) is 4.72. The summed E-state index contributed by atoms with van der Waals surface area (Å²) in [6.45, 7) is 2.02. The number of carbonyl (C=O) groups excluding carboxylic acids is 2. The highest BCUT2D eigenvalue weighted by Gasteiger charge is 2.25. The van der Waals surface area contributed by atoms with E-state index in [0.29, 0.717) is 38.7 Å². The molecule has 3 N–H and O–H groups in total. The highest BCUT2D eigenvalue weighted by molar-refractivity contribution is 5.97. The molecule has 4 rings (SSSR count). The summed E-state index contributed by atoms with van der Waals surface area (Å²) in [5.41, 5.74) is 2.55. The van der Waals surface area contributed by atoms with E-state index < -0.39 is 6.04 Å². The van der Waals surface area contributed by atoms with E-state index in [0.717, 1.165) is 16.6 Å². The lowest BCUT2D eigenvalue weighted by atomic mass is 10.1. The number of benzene rings is 2. The van der Waals surface area contributed by atoms with Gasteiger partial charge in [-0.3, -0.25) is 10.1 Å². The summed E-state index contributed by atoms with van der Waals surface area (Å²) < 4.78 is 5.29. The number of carbonyl (C=O) groups is 2. The second kappa shape index (κ2) is 8.74. The van der Waals surface area contributed by atoms with Gasteiger partial charge in [0.2, 0.25) is 11.9 Å². The van der Waals surface area contributed by atoms with Gasteiger partial charge >= 0.3 is 6.03 Å². The number of para-hydroxylation sites is 2. The van der Waals surface area contributed by atoms with Crippen molar-refractivity contribution in [2.75, 3.05) is 31.6 Å². The summed E-state index contributed by atoms with van der Waals surface area (Å²) in [4.78, 5) is 34.8. The smallest absolute Gasteiger partial charge is 0.318 e. The van der Waals surface area contributed by atoms with Gasteiger partial charge in [0.25, 0.3) is 0 Å². The van der Waals surface area contributed by atoms with Crippen LogP contribution in [0.5, 0.6) is 0 Å². The Labute approximate surface area is 168 Å². The first-order chi connectivity index (χ1) is 14.2. The quantitative estimate of drug-likeness (QED) is 0.618. The van der Waals surface area contributed by atoms with Crippen LogP contribution in [0.3, 0.4) is 0 Å². The molecule has 1 aliphatic heterocycles. The normalized spacial score (nSPS) is 15.1. The van der Waals surface area contributed by atoms with Gasteiger partial charge in [0.15, 0.2) is 0 Å². The van der Waals surface area contributed by atoms with Gasteiger partial charge in [-0.05, 0) is 17.7 Å². The number of imidazole rings is 1. The van der Waals surface area contributed by atoms with E-state index >= 15 is 0 Å². The van der Waals surface area contributed by atoms with Crippen molar-refractivity contribution in [1.82, 2.24) is 20.2 Å². The molecule has 8 nitrogen and oxygen atoms in total. The largest absolute Gasteiger partial charge is 0.378 e. The molecule has 0 unspecified atom stereocenters. The Morgan fingerprint density at radius 2 is 1.79 bits per heavy atom. The van der Waals surface area contributed by atoms with Crippen LogP contribution in [-0.2, 0) is 16.0 Å². The monoisotopic (exact) mass is 393 g/mol. The lowest BCUT2D eigenvalue weighted by molar-refractivity contribution is -0.118. The Kier molecular flexibility index (Phi) is 5.71. The Bertz CT molecular complexity index is 949. The van der Waals surface area contributed by atoms with Crippen molar-refractivity contribution < 1.29 is 14.3 Å². The standard InChI is InChI=1S/C21H23N5O3/c27-19(25-20-22-16-8-4-5-9-17(16)23-20)18(14-15-6-2-1-3-7-15)24-21(28)26-10-12-29-13-11-26/h1-9,18H,10-14H2,(H,24,28)(H2,22,23,25,27)/t18-/m1/s1. The summed E-state index contributed by atoms with van der Waals surface area (Å²) in [5, 5.41) is 5.66. The number of morpholine rings is 1. The molecule has 1 fully saturated rings. The van der Waals surface area contributed by atoms with Crippen molar-refractivity contribution in [2.45, 2.75) is 12.5 Å². The van der Waals surface area contributed by atoms with Gasteiger partial charge < -0.3 is 19.9 Å². The van der Waals surface area contributed by atoms with Gasteiger partial charge in [-0.2, -0.15) is 0 Å². The zero-order valence-electron chi connectivity index (χ0n) is 15.9. The number of urea groups is 1. The molecule has 1 atom stereocenters. The minimum atomic E-state index is -0.735. The minimum absolute atomic E-state index is 0.269. The number of aromatic nitrogens is 2. The summed E-state index contributed by atoms with van der Waals surface area (Å²) in [7, 11) is 0. The third-order valence-corrected chi connectivity index (χ3v) is 4.83. The zero-order valence-corrected chi connectivity index (χ0v) is 15.9. The highest BCUT2D eigenvalue weighted by atomic mass is 16.5. The topological polar surface area (TPSA) is 99.3 Å². The van der Waals surface area contributed by atoms with E-state index in [9.17, 15) is 9.59 Å². The number of hydrogen-bond acceptors (Lipinski definition) is 4. The predicted molar refractivity (Wildman–Crippen MR) is 110 cm³/mol. The Morgan fingerprint density at radius 1 is 1.07 bits per heavy atom. The molecule has 2 heterocycles. The minimum Gasteiger partial charge on any atom is -0.378 e. The predicted octanol–water partition coefficient (Wildman–Crippen LogP) is 2.15. The number of aromatic amines is 1. The molecule has 1 saturated heterocycles. The van der Waals surface area contributed by atoms with Gasteiger partial charge in [-0.25, -0.2) is 9.78 Å². The summed E-state index contributed by atoms with van der Waals surface area (Å²) in [6.07, 6.45) is 0.378. The van der Waals surface area contributed by atoms with Crippen LogP contribution >= 0.6 is 0 Å². The summed E-state index contributed by atoms with van der Waals surface area (Å²) >= 11 is 0. The molecule has 0 aliphatic carbocycles. The summed E-state index contributed by atoms with van der Waals surface area (Å²) in [6, 6.07) is 16.1. The molecular weight excluding hydrogens is 370 g/mol. The maximum absolute atomic E-state index is 13.0. The van der Waals surface area contributed by atoms with Gasteiger partial charge in [0.1, 0.15) is 6.04 Å². The number of fused-ring (bicyclic) bond motifs is 1. The van der Waals surface area contributed by atoms with Crippen LogP contribution in [0, 0.1) is 0 Å². The van der Waals surface area contributed by atoms with Crippen LogP contribution in [0.2, 0.25) is 0 Å². The molecular formula is C21H23N5O3. The zero-order chi connectivity index (χ0) is 20.1. The number of nitrogens with one attached hydrogen (secondary N) is 3. The SMILES string of the molecule is O=C(Nc1nc2ccccc2[nH]1)[C@@H](Cc1ccccc1)NC(=O)N1CCOCC1. The first-order valence-corrected chi connectivity index (χ1v) is 9.62. The number of nitrogens with zero attached hydrogens (tertiary/aromatic N) is 2.